The van der Waals surface area contributed by atoms with Crippen LogP contribution in [0.25, 0.3) is 11.6 Å². The fourth-order valence-corrected chi connectivity index (χ4v) is 6.27. The summed E-state index contributed by atoms with van der Waals surface area (Å²) in [6, 6.07) is 4.49. The van der Waals surface area contributed by atoms with Crippen molar-refractivity contribution < 1.29 is 35.6 Å². The van der Waals surface area contributed by atoms with E-state index >= 15 is 0 Å². The molecule has 1 fully saturated rings. The SMILES string of the molecule is COOSc1nc(C=C2C(=O)Nc3cccc(S(=O)(=O)N4CCCN(CC(F)(F)F)CC4)c32)[nH]c1C. The molecule has 2 aliphatic heterocycles. The van der Waals surface area contributed by atoms with Crippen molar-refractivity contribution in [2.75, 3.05) is 45.2 Å². The van der Waals surface area contributed by atoms with Crippen molar-refractivity contribution in [2.45, 2.75) is 29.4 Å². The molecule has 0 spiro atoms. The third-order valence-corrected chi connectivity index (χ3v) is 8.38. The predicted molar refractivity (Wildman–Crippen MR) is 126 cm³/mol. The highest BCUT2D eigenvalue weighted by molar-refractivity contribution is 7.94. The molecule has 196 valence electrons. The largest absolute Gasteiger partial charge is 0.401 e. The summed E-state index contributed by atoms with van der Waals surface area (Å²) in [7, 11) is -2.78. The molecule has 0 atom stereocenters. The van der Waals surface area contributed by atoms with Crippen molar-refractivity contribution in [3.05, 3.63) is 35.3 Å². The Morgan fingerprint density at radius 3 is 2.72 bits per heavy atom. The summed E-state index contributed by atoms with van der Waals surface area (Å²) in [5.41, 5.74) is 1.25. The Kier molecular flexibility index (Phi) is 7.78. The molecule has 0 saturated carbocycles. The number of sulfonamides is 1. The zero-order valence-corrected chi connectivity index (χ0v) is 21.0. The summed E-state index contributed by atoms with van der Waals surface area (Å²) in [5, 5.41) is 3.14. The number of nitrogens with zero attached hydrogens (tertiary/aromatic N) is 3. The average molecular weight is 548 g/mol. The Balaban J connectivity index is 1.66. The first-order chi connectivity index (χ1) is 17.0. The molecule has 1 amide bonds. The average Bonchev–Trinajstić information content (AvgIpc) is 3.19. The predicted octanol–water partition coefficient (Wildman–Crippen LogP) is 3.05. The number of aryl methyl sites for hydroxylation is 1. The fourth-order valence-electron chi connectivity index (χ4n) is 4.13. The number of amides is 1. The molecule has 0 bridgehead atoms. The van der Waals surface area contributed by atoms with Gasteiger partial charge in [-0.2, -0.15) is 21.8 Å². The fraction of sp³-hybridized carbons (Fsp3) is 0.429. The first-order valence-electron chi connectivity index (χ1n) is 10.9. The summed E-state index contributed by atoms with van der Waals surface area (Å²) in [6.45, 7) is 0.706. The van der Waals surface area contributed by atoms with E-state index in [-0.39, 0.29) is 48.6 Å². The van der Waals surface area contributed by atoms with Gasteiger partial charge in [-0.05, 0) is 38.1 Å². The van der Waals surface area contributed by atoms with E-state index in [9.17, 15) is 26.4 Å². The van der Waals surface area contributed by atoms with Gasteiger partial charge in [0.05, 0.1) is 41.9 Å². The molecule has 1 aromatic carbocycles. The number of hydrogen-bond donors (Lipinski definition) is 2. The molecular formula is C21H24F3N5O5S2. The van der Waals surface area contributed by atoms with Crippen LogP contribution in [0.3, 0.4) is 0 Å². The maximum atomic E-state index is 13.6. The smallest absolute Gasteiger partial charge is 0.342 e. The number of carbonyl (C=O) groups excluding carboxylic acids is 1. The first-order valence-corrected chi connectivity index (χ1v) is 13.1. The van der Waals surface area contributed by atoms with Crippen LogP contribution in [0.1, 0.15) is 23.5 Å². The second-order valence-electron chi connectivity index (χ2n) is 8.21. The Morgan fingerprint density at radius 2 is 2.00 bits per heavy atom. The monoisotopic (exact) mass is 547 g/mol. The lowest BCUT2D eigenvalue weighted by Gasteiger charge is -2.23. The van der Waals surface area contributed by atoms with E-state index in [1.807, 2.05) is 0 Å². The van der Waals surface area contributed by atoms with Crippen molar-refractivity contribution in [2.24, 2.45) is 0 Å². The van der Waals surface area contributed by atoms with Crippen molar-refractivity contribution >= 4 is 45.3 Å². The van der Waals surface area contributed by atoms with Crippen molar-refractivity contribution in [3.8, 4) is 0 Å². The quantitative estimate of drug-likeness (QED) is 0.235. The highest BCUT2D eigenvalue weighted by Gasteiger charge is 2.37. The van der Waals surface area contributed by atoms with Gasteiger partial charge < -0.3 is 10.3 Å². The highest BCUT2D eigenvalue weighted by Crippen LogP contribution is 2.39. The van der Waals surface area contributed by atoms with Gasteiger partial charge in [-0.15, -0.1) is 0 Å². The second kappa shape index (κ2) is 10.5. The molecule has 3 heterocycles. The summed E-state index contributed by atoms with van der Waals surface area (Å²) < 4.78 is 71.7. The number of aromatic amines is 1. The van der Waals surface area contributed by atoms with Crippen LogP contribution in [-0.2, 0) is 24.0 Å². The number of carbonyl (C=O) groups is 1. The molecule has 2 aromatic rings. The van der Waals surface area contributed by atoms with Gasteiger partial charge in [-0.3, -0.25) is 9.69 Å². The Hall–Kier alpha value is -2.43. The number of fused-ring (bicyclic) bond motifs is 1. The van der Waals surface area contributed by atoms with Gasteiger partial charge in [0.1, 0.15) is 10.9 Å². The molecule has 1 saturated heterocycles. The Morgan fingerprint density at radius 1 is 1.22 bits per heavy atom. The van der Waals surface area contributed by atoms with Crippen LogP contribution in [0.15, 0.2) is 28.1 Å². The molecule has 0 radical (unpaired) electrons. The minimum Gasteiger partial charge on any atom is -0.342 e. The van der Waals surface area contributed by atoms with Gasteiger partial charge in [-0.25, -0.2) is 18.3 Å². The highest BCUT2D eigenvalue weighted by atomic mass is 32.2. The van der Waals surface area contributed by atoms with Crippen molar-refractivity contribution in [1.29, 1.82) is 0 Å². The van der Waals surface area contributed by atoms with Crippen LogP contribution >= 0.6 is 12.0 Å². The first kappa shape index (κ1) is 26.6. The van der Waals surface area contributed by atoms with Gasteiger partial charge in [0.25, 0.3) is 5.91 Å². The zero-order valence-electron chi connectivity index (χ0n) is 19.4. The molecule has 0 unspecified atom stereocenters. The number of halogens is 3. The minimum atomic E-state index is -4.36. The number of rotatable bonds is 7. The molecule has 0 aliphatic carbocycles. The standard InChI is InChI=1S/C21H24F3N5O5S2/c1-13-20(35-34-33-2)27-17(25-13)11-14-18-15(26-19(14)30)5-3-6-16(18)36(31,32)29-8-4-7-28(9-10-29)12-21(22,23)24/h3,5-6,11H,4,7-10,12H2,1-2H3,(H,25,27)(H,26,30). The number of imidazole rings is 1. The van der Waals surface area contributed by atoms with Crippen molar-refractivity contribution in [3.63, 3.8) is 0 Å². The van der Waals surface area contributed by atoms with Gasteiger partial charge in [0.15, 0.2) is 0 Å². The molecule has 36 heavy (non-hydrogen) atoms. The van der Waals surface area contributed by atoms with Crippen LogP contribution in [-0.4, -0.2) is 79.5 Å². The maximum Gasteiger partial charge on any atom is 0.401 e. The van der Waals surface area contributed by atoms with E-state index in [1.54, 1.807) is 13.0 Å². The van der Waals surface area contributed by atoms with E-state index in [0.29, 0.717) is 22.2 Å². The van der Waals surface area contributed by atoms with Crippen LogP contribution < -0.4 is 5.32 Å². The molecule has 4 rings (SSSR count). The van der Waals surface area contributed by atoms with E-state index < -0.39 is 28.7 Å². The third kappa shape index (κ3) is 5.76. The van der Waals surface area contributed by atoms with Crippen LogP contribution in [0.5, 0.6) is 0 Å². The summed E-state index contributed by atoms with van der Waals surface area (Å²) >= 11 is 0.872. The van der Waals surface area contributed by atoms with Crippen LogP contribution in [0, 0.1) is 6.92 Å². The van der Waals surface area contributed by atoms with Crippen LogP contribution in [0.4, 0.5) is 18.9 Å². The molecule has 1 aromatic heterocycles. The third-order valence-electron chi connectivity index (χ3n) is 5.68. The van der Waals surface area contributed by atoms with E-state index in [2.05, 4.69) is 20.2 Å². The van der Waals surface area contributed by atoms with Gasteiger partial charge >= 0.3 is 6.18 Å². The zero-order chi connectivity index (χ0) is 26.1. The van der Waals surface area contributed by atoms with Gasteiger partial charge in [-0.1, -0.05) is 6.07 Å². The second-order valence-corrected chi connectivity index (χ2v) is 10.8. The number of H-pyrrole nitrogens is 1. The number of alkyl halides is 3. The number of nitrogens with one attached hydrogen (secondary N) is 2. The molecule has 10 nitrogen and oxygen atoms in total. The molecule has 2 N–H and O–H groups in total. The Bertz CT molecular complexity index is 1280. The number of benzene rings is 1. The van der Waals surface area contributed by atoms with Crippen LogP contribution in [0.2, 0.25) is 0 Å². The summed E-state index contributed by atoms with van der Waals surface area (Å²) in [6.07, 6.45) is -2.67. The number of hydrogen-bond acceptors (Lipinski definition) is 8. The van der Waals surface area contributed by atoms with Crippen molar-refractivity contribution in [1.82, 2.24) is 19.2 Å². The lowest BCUT2D eigenvalue weighted by atomic mass is 10.1. The lowest BCUT2D eigenvalue weighted by molar-refractivity contribution is -0.160. The lowest BCUT2D eigenvalue weighted by Crippen LogP contribution is -2.38. The summed E-state index contributed by atoms with van der Waals surface area (Å²) in [5.74, 6) is -0.200. The molecule has 15 heteroatoms. The maximum absolute atomic E-state index is 13.6. The van der Waals surface area contributed by atoms with E-state index in [1.165, 1.54) is 34.5 Å². The van der Waals surface area contributed by atoms with E-state index in [0.717, 1.165) is 12.0 Å². The minimum absolute atomic E-state index is 0.0523. The van der Waals surface area contributed by atoms with Gasteiger partial charge in [0.2, 0.25) is 10.0 Å². The number of aromatic nitrogens is 2. The normalized spacial score (nSPS) is 18.9. The Labute approximate surface area is 210 Å². The summed E-state index contributed by atoms with van der Waals surface area (Å²) in [4.78, 5) is 25.8. The van der Waals surface area contributed by atoms with E-state index in [4.69, 9.17) is 4.33 Å². The topological polar surface area (TPSA) is 117 Å². The molecular weight excluding hydrogens is 523 g/mol. The molecule has 2 aliphatic rings. The van der Waals surface area contributed by atoms with Gasteiger partial charge in [0, 0.05) is 30.9 Å². The number of anilines is 1.